The molecule has 0 aliphatic carbocycles. The molecule has 14 heteroatoms. The maximum Gasteiger partial charge on any atom is 0.326 e. The zero-order valence-electron chi connectivity index (χ0n) is 26.5. The Kier molecular flexibility index (Phi) is 15.5. The third kappa shape index (κ3) is 12.7. The number of hydrogen-bond acceptors (Lipinski definition) is 8. The predicted molar refractivity (Wildman–Crippen MR) is 176 cm³/mol. The number of rotatable bonds is 19. The lowest BCUT2D eigenvalue weighted by atomic mass is 9.95. The number of phenols is 1. The van der Waals surface area contributed by atoms with Crippen LogP contribution in [0.25, 0.3) is 0 Å². The highest BCUT2D eigenvalue weighted by atomic mass is 16.4. The first-order chi connectivity index (χ1) is 21.8. The summed E-state index contributed by atoms with van der Waals surface area (Å²) in [6.07, 6.45) is 2.01. The summed E-state index contributed by atoms with van der Waals surface area (Å²) < 4.78 is 0. The van der Waals surface area contributed by atoms with Gasteiger partial charge in [-0.3, -0.25) is 19.4 Å². The van der Waals surface area contributed by atoms with Crippen molar-refractivity contribution >= 4 is 29.7 Å². The van der Waals surface area contributed by atoms with Crippen LogP contribution >= 0.6 is 0 Å². The largest absolute Gasteiger partial charge is 0.508 e. The number of nitrogens with zero attached hydrogens (tertiary/aromatic N) is 1. The number of carbonyl (C=O) groups is 4. The van der Waals surface area contributed by atoms with E-state index in [0.29, 0.717) is 36.9 Å². The van der Waals surface area contributed by atoms with Crippen LogP contribution in [0.3, 0.4) is 0 Å². The second kappa shape index (κ2) is 19.0. The summed E-state index contributed by atoms with van der Waals surface area (Å²) in [4.78, 5) is 56.3. The molecule has 4 atom stereocenters. The number of hydrogen-bond donors (Lipinski definition) is 9. The molecule has 0 radical (unpaired) electrons. The number of nitrogens with two attached hydrogens (primary N) is 4. The first-order valence-electron chi connectivity index (χ1n) is 15.3. The molecule has 0 heterocycles. The third-order valence-corrected chi connectivity index (χ3v) is 7.50. The number of aliphatic carboxylic acids is 1. The summed E-state index contributed by atoms with van der Waals surface area (Å²) in [7, 11) is 0. The van der Waals surface area contributed by atoms with Crippen LogP contribution in [-0.2, 0) is 32.0 Å². The standard InChI is InChI=1S/C32H48N8O6/c1-19-15-22(41)16-20(2)23(19)18-26(39-28(42)24(34)11-8-14-37-32(35)36)30(44)38-25(12-6-7-13-33)29(43)40-27(31(45)46)17-21-9-4-3-5-10-21/h3-5,9-10,15-16,24-27,41H,6-8,11-14,17-18,33-34H2,1-2H3,(H,38,44)(H,39,42)(H,40,43)(H,45,46)(H4,35,36,37)/t24-,25-,26-,27-/m0/s1. The van der Waals surface area contributed by atoms with Gasteiger partial charge in [0.15, 0.2) is 5.96 Å². The number of aliphatic imine (C=N–C) groups is 1. The number of guanidine groups is 1. The molecule has 0 aromatic heterocycles. The number of benzene rings is 2. The molecule has 0 fully saturated rings. The molecule has 252 valence electrons. The average molecular weight is 641 g/mol. The zero-order chi connectivity index (χ0) is 34.2. The van der Waals surface area contributed by atoms with Crippen LogP contribution in [0.2, 0.25) is 0 Å². The molecule has 2 aromatic rings. The first-order valence-corrected chi connectivity index (χ1v) is 15.3. The van der Waals surface area contributed by atoms with Gasteiger partial charge < -0.3 is 49.1 Å². The van der Waals surface area contributed by atoms with E-state index < -0.39 is 47.9 Å². The molecule has 13 N–H and O–H groups in total. The quantitative estimate of drug-likeness (QED) is 0.0557. The maximum absolute atomic E-state index is 13.8. The number of aromatic hydroxyl groups is 1. The van der Waals surface area contributed by atoms with E-state index in [0.717, 1.165) is 11.1 Å². The van der Waals surface area contributed by atoms with Gasteiger partial charge in [-0.1, -0.05) is 30.3 Å². The lowest BCUT2D eigenvalue weighted by molar-refractivity contribution is -0.142. The highest BCUT2D eigenvalue weighted by molar-refractivity contribution is 5.94. The van der Waals surface area contributed by atoms with Crippen LogP contribution in [-0.4, -0.2) is 77.1 Å². The van der Waals surface area contributed by atoms with Gasteiger partial charge in [0.2, 0.25) is 17.7 Å². The number of carboxylic acid groups (broad SMARTS) is 1. The van der Waals surface area contributed by atoms with Crippen LogP contribution in [0.1, 0.15) is 54.4 Å². The van der Waals surface area contributed by atoms with E-state index in [2.05, 4.69) is 20.9 Å². The SMILES string of the molecule is Cc1cc(O)cc(C)c1C[C@H](NC(=O)[C@@H](N)CCCN=C(N)N)C(=O)N[C@@H](CCCCN)C(=O)N[C@@H](Cc1ccccc1)C(=O)O. The topological polar surface area (TPSA) is 261 Å². The summed E-state index contributed by atoms with van der Waals surface area (Å²) in [5.41, 5.74) is 25.3. The number of amides is 3. The van der Waals surface area contributed by atoms with Gasteiger partial charge in [0.1, 0.15) is 23.9 Å². The molecular weight excluding hydrogens is 592 g/mol. The molecule has 3 amide bonds. The molecular formula is C32H48N8O6. The van der Waals surface area contributed by atoms with Gasteiger partial charge in [-0.25, -0.2) is 4.79 Å². The minimum Gasteiger partial charge on any atom is -0.508 e. The zero-order valence-corrected chi connectivity index (χ0v) is 26.5. The normalized spacial score (nSPS) is 13.5. The lowest BCUT2D eigenvalue weighted by Gasteiger charge is -2.26. The van der Waals surface area contributed by atoms with Gasteiger partial charge in [0.25, 0.3) is 0 Å². The summed E-state index contributed by atoms with van der Waals surface area (Å²) in [5.74, 6) is -3.15. The number of nitrogens with one attached hydrogen (secondary N) is 3. The number of aryl methyl sites for hydroxylation is 2. The number of unbranched alkanes of at least 4 members (excludes halogenated alkanes) is 1. The average Bonchev–Trinajstić information content (AvgIpc) is 2.99. The maximum atomic E-state index is 13.8. The smallest absolute Gasteiger partial charge is 0.326 e. The van der Waals surface area contributed by atoms with Gasteiger partial charge in [-0.2, -0.15) is 0 Å². The van der Waals surface area contributed by atoms with Crippen molar-refractivity contribution < 1.29 is 29.4 Å². The highest BCUT2D eigenvalue weighted by Gasteiger charge is 2.31. The Hall–Kier alpha value is -4.69. The highest BCUT2D eigenvalue weighted by Crippen LogP contribution is 2.22. The fraction of sp³-hybridized carbons (Fsp3) is 0.469. The monoisotopic (exact) mass is 640 g/mol. The summed E-state index contributed by atoms with van der Waals surface area (Å²) in [6, 6.07) is 7.51. The molecule has 2 aromatic carbocycles. The molecule has 0 unspecified atom stereocenters. The lowest BCUT2D eigenvalue weighted by Crippen LogP contribution is -2.57. The van der Waals surface area contributed by atoms with Crippen LogP contribution in [0.4, 0.5) is 0 Å². The van der Waals surface area contributed by atoms with Crippen LogP contribution in [0.15, 0.2) is 47.5 Å². The summed E-state index contributed by atoms with van der Waals surface area (Å²) in [5, 5.41) is 27.8. The van der Waals surface area contributed by atoms with Crippen molar-refractivity contribution in [2.75, 3.05) is 13.1 Å². The molecule has 0 aliphatic rings. The van der Waals surface area contributed by atoms with E-state index >= 15 is 0 Å². The van der Waals surface area contributed by atoms with E-state index in [4.69, 9.17) is 22.9 Å². The predicted octanol–water partition coefficient (Wildman–Crippen LogP) is -0.157. The van der Waals surface area contributed by atoms with Gasteiger partial charge in [-0.05, 0) is 86.9 Å². The fourth-order valence-electron chi connectivity index (χ4n) is 4.99. The van der Waals surface area contributed by atoms with Gasteiger partial charge in [-0.15, -0.1) is 0 Å². The van der Waals surface area contributed by atoms with Crippen molar-refractivity contribution in [2.24, 2.45) is 27.9 Å². The van der Waals surface area contributed by atoms with Crippen LogP contribution in [0, 0.1) is 13.8 Å². The Bertz CT molecular complexity index is 1330. The van der Waals surface area contributed by atoms with Crippen LogP contribution in [0.5, 0.6) is 5.75 Å². The Morgan fingerprint density at radius 2 is 1.39 bits per heavy atom. The minimum absolute atomic E-state index is 0.0408. The molecule has 0 spiro atoms. The minimum atomic E-state index is -1.24. The molecule has 0 saturated heterocycles. The fourth-order valence-corrected chi connectivity index (χ4v) is 4.99. The van der Waals surface area contributed by atoms with Gasteiger partial charge in [0.05, 0.1) is 6.04 Å². The van der Waals surface area contributed by atoms with Crippen molar-refractivity contribution in [3.05, 3.63) is 64.7 Å². The van der Waals surface area contributed by atoms with Crippen molar-refractivity contribution in [1.82, 2.24) is 16.0 Å². The Balaban J connectivity index is 2.30. The van der Waals surface area contributed by atoms with Gasteiger partial charge >= 0.3 is 5.97 Å². The Labute approximate surface area is 269 Å². The summed E-state index contributed by atoms with van der Waals surface area (Å²) >= 11 is 0. The van der Waals surface area contributed by atoms with Gasteiger partial charge in [0, 0.05) is 19.4 Å². The van der Waals surface area contributed by atoms with Crippen molar-refractivity contribution in [1.29, 1.82) is 0 Å². The molecule has 46 heavy (non-hydrogen) atoms. The summed E-state index contributed by atoms with van der Waals surface area (Å²) in [6.45, 7) is 4.19. The number of phenolic OH excluding ortho intramolecular Hbond substituents is 1. The Morgan fingerprint density at radius 3 is 1.98 bits per heavy atom. The molecule has 0 aliphatic heterocycles. The molecule has 14 nitrogen and oxygen atoms in total. The van der Waals surface area contributed by atoms with E-state index in [1.54, 1.807) is 56.3 Å². The number of carboxylic acids is 1. The van der Waals surface area contributed by atoms with Crippen molar-refractivity contribution in [3.8, 4) is 5.75 Å². The van der Waals surface area contributed by atoms with E-state index in [-0.39, 0.29) is 43.9 Å². The second-order valence-corrected chi connectivity index (χ2v) is 11.3. The second-order valence-electron chi connectivity index (χ2n) is 11.3. The molecule has 2 rings (SSSR count). The van der Waals surface area contributed by atoms with E-state index in [1.165, 1.54) is 0 Å². The molecule has 0 saturated carbocycles. The van der Waals surface area contributed by atoms with Crippen LogP contribution < -0.4 is 38.9 Å². The van der Waals surface area contributed by atoms with E-state index in [1.807, 2.05) is 0 Å². The Morgan fingerprint density at radius 1 is 0.804 bits per heavy atom. The molecule has 0 bridgehead atoms. The van der Waals surface area contributed by atoms with Crippen molar-refractivity contribution in [2.45, 2.75) is 83.0 Å². The number of carbonyl (C=O) groups excluding carboxylic acids is 3. The first kappa shape index (κ1) is 37.5. The van der Waals surface area contributed by atoms with E-state index in [9.17, 15) is 29.4 Å². The van der Waals surface area contributed by atoms with Crippen molar-refractivity contribution in [3.63, 3.8) is 0 Å². The third-order valence-electron chi connectivity index (χ3n) is 7.50.